The van der Waals surface area contributed by atoms with Crippen LogP contribution in [0.5, 0.6) is 0 Å². The number of aryl methyl sites for hydroxylation is 1. The lowest BCUT2D eigenvalue weighted by Crippen LogP contribution is -2.29. The average Bonchev–Trinajstić information content (AvgIpc) is 3.13. The minimum absolute atomic E-state index is 0.0886. The summed E-state index contributed by atoms with van der Waals surface area (Å²) in [4.78, 5) is 20.8. The Kier molecular flexibility index (Phi) is 5.59. The van der Waals surface area contributed by atoms with Crippen molar-refractivity contribution in [3.05, 3.63) is 63.7 Å². The topological polar surface area (TPSA) is 84.7 Å². The second kappa shape index (κ2) is 8.06. The molecule has 0 unspecified atom stereocenters. The Morgan fingerprint density at radius 3 is 2.72 bits per heavy atom. The van der Waals surface area contributed by atoms with Crippen molar-refractivity contribution in [2.45, 2.75) is 6.92 Å². The number of nitrogens with zero attached hydrogens (tertiary/aromatic N) is 4. The van der Waals surface area contributed by atoms with Crippen molar-refractivity contribution >= 4 is 34.3 Å². The summed E-state index contributed by atoms with van der Waals surface area (Å²) < 4.78 is 2.78. The Balaban J connectivity index is 1.54. The third-order valence-corrected chi connectivity index (χ3v) is 4.11. The molecule has 128 valence electrons. The number of carbonyl (C=O) groups is 1. The van der Waals surface area contributed by atoms with Gasteiger partial charge >= 0.3 is 0 Å². The summed E-state index contributed by atoms with van der Waals surface area (Å²) in [5, 5.41) is 10.2. The molecule has 3 rings (SSSR count). The van der Waals surface area contributed by atoms with Gasteiger partial charge in [-0.1, -0.05) is 0 Å². The van der Waals surface area contributed by atoms with Gasteiger partial charge in [0.2, 0.25) is 0 Å². The largest absolute Gasteiger partial charge is 0.368 e. The maximum atomic E-state index is 12.1. The zero-order chi connectivity index (χ0) is 17.6. The van der Waals surface area contributed by atoms with E-state index in [2.05, 4.69) is 48.3 Å². The molecule has 0 fully saturated rings. The molecule has 1 aromatic carbocycles. The minimum Gasteiger partial charge on any atom is -0.368 e. The summed E-state index contributed by atoms with van der Waals surface area (Å²) in [6, 6.07) is 11.1. The van der Waals surface area contributed by atoms with Gasteiger partial charge in [-0.2, -0.15) is 5.10 Å². The molecule has 0 aliphatic carbocycles. The van der Waals surface area contributed by atoms with E-state index in [0.717, 1.165) is 3.57 Å². The first-order valence-corrected chi connectivity index (χ1v) is 8.83. The van der Waals surface area contributed by atoms with Crippen LogP contribution in [0.3, 0.4) is 0 Å². The fourth-order valence-corrected chi connectivity index (χ4v) is 2.59. The Labute approximate surface area is 159 Å². The standard InChI is InChI=1S/C17H17IN6O/c1-12-22-15(11-16(23-12)24-10-2-7-21-24)19-8-9-20-17(25)13-3-5-14(18)6-4-13/h2-7,10-11H,8-9H2,1H3,(H,20,25)(H,19,22,23). The van der Waals surface area contributed by atoms with Crippen LogP contribution in [0, 0.1) is 10.5 Å². The lowest BCUT2D eigenvalue weighted by Gasteiger charge is -2.09. The monoisotopic (exact) mass is 448 g/mol. The van der Waals surface area contributed by atoms with E-state index in [4.69, 9.17) is 0 Å². The van der Waals surface area contributed by atoms with E-state index in [1.807, 2.05) is 49.5 Å². The first-order valence-electron chi connectivity index (χ1n) is 7.75. The van der Waals surface area contributed by atoms with Crippen molar-refractivity contribution in [3.8, 4) is 5.82 Å². The number of anilines is 1. The van der Waals surface area contributed by atoms with Crippen molar-refractivity contribution < 1.29 is 4.79 Å². The molecule has 2 N–H and O–H groups in total. The number of hydrogen-bond acceptors (Lipinski definition) is 5. The summed E-state index contributed by atoms with van der Waals surface area (Å²) in [6.07, 6.45) is 3.53. The van der Waals surface area contributed by atoms with Crippen LogP contribution in [0.25, 0.3) is 5.82 Å². The van der Waals surface area contributed by atoms with Crippen LogP contribution in [-0.2, 0) is 0 Å². The predicted octanol–water partition coefficient (Wildman–Crippen LogP) is 2.42. The van der Waals surface area contributed by atoms with E-state index < -0.39 is 0 Å². The molecule has 0 saturated heterocycles. The Hall–Kier alpha value is -2.49. The van der Waals surface area contributed by atoms with Crippen LogP contribution in [0.2, 0.25) is 0 Å². The highest BCUT2D eigenvalue weighted by atomic mass is 127. The van der Waals surface area contributed by atoms with Gasteiger partial charge in [0.1, 0.15) is 11.6 Å². The van der Waals surface area contributed by atoms with Crippen LogP contribution in [0.15, 0.2) is 48.8 Å². The number of carbonyl (C=O) groups excluding carboxylic acids is 1. The summed E-state index contributed by atoms with van der Waals surface area (Å²) in [7, 11) is 0. The maximum absolute atomic E-state index is 12.1. The van der Waals surface area contributed by atoms with E-state index in [-0.39, 0.29) is 5.91 Å². The Morgan fingerprint density at radius 1 is 1.20 bits per heavy atom. The first kappa shape index (κ1) is 17.3. The fraction of sp³-hybridized carbons (Fsp3) is 0.176. The number of rotatable bonds is 6. The van der Waals surface area contributed by atoms with Gasteiger partial charge in [0, 0.05) is 40.7 Å². The molecule has 0 bridgehead atoms. The molecule has 0 aliphatic rings. The molecule has 0 atom stereocenters. The summed E-state index contributed by atoms with van der Waals surface area (Å²) in [6.45, 7) is 2.88. The van der Waals surface area contributed by atoms with Crippen LogP contribution < -0.4 is 10.6 Å². The third kappa shape index (κ3) is 4.75. The Bertz CT molecular complexity index is 848. The van der Waals surface area contributed by atoms with Crippen LogP contribution >= 0.6 is 22.6 Å². The zero-order valence-corrected chi connectivity index (χ0v) is 15.8. The molecule has 7 nitrogen and oxygen atoms in total. The number of amides is 1. The van der Waals surface area contributed by atoms with Gasteiger partial charge < -0.3 is 10.6 Å². The SMILES string of the molecule is Cc1nc(NCCNC(=O)c2ccc(I)cc2)cc(-n2cccn2)n1. The van der Waals surface area contributed by atoms with Gasteiger partial charge in [-0.25, -0.2) is 14.6 Å². The molecular formula is C17H17IN6O. The molecule has 1 amide bonds. The number of aromatic nitrogens is 4. The predicted molar refractivity (Wildman–Crippen MR) is 104 cm³/mol. The van der Waals surface area contributed by atoms with Crippen molar-refractivity contribution in [1.29, 1.82) is 0 Å². The van der Waals surface area contributed by atoms with E-state index in [9.17, 15) is 4.79 Å². The lowest BCUT2D eigenvalue weighted by atomic mass is 10.2. The number of benzene rings is 1. The molecular weight excluding hydrogens is 431 g/mol. The van der Waals surface area contributed by atoms with E-state index in [1.165, 1.54) is 0 Å². The Morgan fingerprint density at radius 2 is 2.00 bits per heavy atom. The third-order valence-electron chi connectivity index (χ3n) is 3.39. The van der Waals surface area contributed by atoms with Gasteiger partial charge in [-0.15, -0.1) is 0 Å². The quantitative estimate of drug-likeness (QED) is 0.447. The summed E-state index contributed by atoms with van der Waals surface area (Å²) in [5.41, 5.74) is 0.652. The highest BCUT2D eigenvalue weighted by Crippen LogP contribution is 2.10. The van der Waals surface area contributed by atoms with E-state index >= 15 is 0 Å². The minimum atomic E-state index is -0.0886. The van der Waals surface area contributed by atoms with Crippen molar-refractivity contribution in [3.63, 3.8) is 0 Å². The smallest absolute Gasteiger partial charge is 0.251 e. The van der Waals surface area contributed by atoms with E-state index in [1.54, 1.807) is 10.9 Å². The molecule has 0 saturated carbocycles. The van der Waals surface area contributed by atoms with Crippen LogP contribution in [-0.4, -0.2) is 38.7 Å². The van der Waals surface area contributed by atoms with Gasteiger partial charge in [0.05, 0.1) is 0 Å². The molecule has 3 aromatic rings. The molecule has 0 aliphatic heterocycles. The molecule has 8 heteroatoms. The molecule has 0 spiro atoms. The van der Waals surface area contributed by atoms with Crippen LogP contribution in [0.1, 0.15) is 16.2 Å². The van der Waals surface area contributed by atoms with Crippen molar-refractivity contribution in [1.82, 2.24) is 25.1 Å². The van der Waals surface area contributed by atoms with E-state index in [0.29, 0.717) is 36.1 Å². The van der Waals surface area contributed by atoms with Gasteiger partial charge in [0.15, 0.2) is 5.82 Å². The molecule has 25 heavy (non-hydrogen) atoms. The highest BCUT2D eigenvalue weighted by Gasteiger charge is 2.06. The van der Waals surface area contributed by atoms with Crippen LogP contribution in [0.4, 0.5) is 5.82 Å². The maximum Gasteiger partial charge on any atom is 0.251 e. The van der Waals surface area contributed by atoms with Gasteiger partial charge in [-0.05, 0) is 59.8 Å². The molecule has 2 heterocycles. The number of nitrogens with one attached hydrogen (secondary N) is 2. The highest BCUT2D eigenvalue weighted by molar-refractivity contribution is 14.1. The summed E-state index contributed by atoms with van der Waals surface area (Å²) >= 11 is 2.21. The summed E-state index contributed by atoms with van der Waals surface area (Å²) in [5.74, 6) is 1.96. The lowest BCUT2D eigenvalue weighted by molar-refractivity contribution is 0.0955. The fourth-order valence-electron chi connectivity index (χ4n) is 2.23. The second-order valence-corrected chi connectivity index (χ2v) is 6.54. The average molecular weight is 448 g/mol. The van der Waals surface area contributed by atoms with Crippen molar-refractivity contribution in [2.75, 3.05) is 18.4 Å². The molecule has 2 aromatic heterocycles. The zero-order valence-electron chi connectivity index (χ0n) is 13.6. The number of hydrogen-bond donors (Lipinski definition) is 2. The first-order chi connectivity index (χ1) is 12.1. The number of halogens is 1. The van der Waals surface area contributed by atoms with Gasteiger partial charge in [0.25, 0.3) is 5.91 Å². The van der Waals surface area contributed by atoms with Crippen molar-refractivity contribution in [2.24, 2.45) is 0 Å². The normalized spacial score (nSPS) is 10.5. The second-order valence-electron chi connectivity index (χ2n) is 5.30. The van der Waals surface area contributed by atoms with Gasteiger partial charge in [-0.3, -0.25) is 4.79 Å². The molecule has 0 radical (unpaired) electrons.